The molecule has 74 valence electrons. The molecule has 0 aromatic carbocycles. The van der Waals surface area contributed by atoms with Gasteiger partial charge in [0.1, 0.15) is 11.0 Å². The Balaban J connectivity index is 2.81. The molecule has 0 aliphatic carbocycles. The van der Waals surface area contributed by atoms with E-state index >= 15 is 0 Å². The van der Waals surface area contributed by atoms with Crippen molar-refractivity contribution in [2.24, 2.45) is 0 Å². The van der Waals surface area contributed by atoms with Crippen molar-refractivity contribution in [2.45, 2.75) is 4.34 Å². The second-order valence-electron chi connectivity index (χ2n) is 2.57. The summed E-state index contributed by atoms with van der Waals surface area (Å²) in [6.07, 6.45) is 2.34. The van der Waals surface area contributed by atoms with Gasteiger partial charge in [0.2, 0.25) is 14.2 Å². The van der Waals surface area contributed by atoms with Gasteiger partial charge in [0, 0.05) is 6.26 Å². The highest BCUT2D eigenvalue weighted by Crippen LogP contribution is 2.28. The van der Waals surface area contributed by atoms with Crippen molar-refractivity contribution < 1.29 is 8.42 Å². The van der Waals surface area contributed by atoms with E-state index in [9.17, 15) is 8.42 Å². The Labute approximate surface area is 88.7 Å². The Morgan fingerprint density at radius 3 is 2.71 bits per heavy atom. The number of fused-ring (bicyclic) bond motifs is 1. The summed E-state index contributed by atoms with van der Waals surface area (Å²) in [6, 6.07) is 0. The van der Waals surface area contributed by atoms with Crippen molar-refractivity contribution in [2.75, 3.05) is 6.26 Å². The van der Waals surface area contributed by atoms with Crippen molar-refractivity contribution in [3.8, 4) is 0 Å². The van der Waals surface area contributed by atoms with Crippen LogP contribution in [0.2, 0.25) is 5.15 Å². The Morgan fingerprint density at radius 1 is 1.43 bits per heavy atom. The first kappa shape index (κ1) is 9.75. The first-order valence-corrected chi connectivity index (χ1v) is 6.54. The fourth-order valence-electron chi connectivity index (χ4n) is 0.866. The van der Waals surface area contributed by atoms with Crippen LogP contribution < -0.4 is 0 Å². The lowest BCUT2D eigenvalue weighted by molar-refractivity contribution is 0.601. The molecular formula is C6H4ClN3O2S2. The summed E-state index contributed by atoms with van der Waals surface area (Å²) in [5.74, 6) is 0. The average Bonchev–Trinajstić information content (AvgIpc) is 2.48. The number of nitrogens with zero attached hydrogens (tertiary/aromatic N) is 3. The molecule has 0 aliphatic rings. The number of rotatable bonds is 1. The maximum Gasteiger partial charge on any atom is 0.211 e. The fraction of sp³-hybridized carbons (Fsp3) is 0.167. The third-order valence-electron chi connectivity index (χ3n) is 1.45. The summed E-state index contributed by atoms with van der Waals surface area (Å²) in [5, 5.41) is 0.224. The molecule has 2 rings (SSSR count). The summed E-state index contributed by atoms with van der Waals surface area (Å²) in [5.41, 5.74) is 0.315. The third kappa shape index (κ3) is 1.58. The fourth-order valence-corrected chi connectivity index (χ4v) is 2.85. The van der Waals surface area contributed by atoms with Crippen LogP contribution in [-0.4, -0.2) is 29.6 Å². The molecule has 0 spiro atoms. The molecule has 0 amide bonds. The molecule has 0 saturated carbocycles. The molecule has 0 radical (unpaired) electrons. The zero-order valence-electron chi connectivity index (χ0n) is 6.93. The predicted molar refractivity (Wildman–Crippen MR) is 53.3 cm³/mol. The summed E-state index contributed by atoms with van der Waals surface area (Å²) in [6.45, 7) is 0. The van der Waals surface area contributed by atoms with Crippen LogP contribution in [0.15, 0.2) is 10.7 Å². The van der Waals surface area contributed by atoms with E-state index in [1.54, 1.807) is 0 Å². The maximum absolute atomic E-state index is 11.2. The van der Waals surface area contributed by atoms with Crippen LogP contribution >= 0.6 is 22.9 Å². The summed E-state index contributed by atoms with van der Waals surface area (Å²) < 4.78 is 22.8. The molecule has 5 nitrogen and oxygen atoms in total. The summed E-state index contributed by atoms with van der Waals surface area (Å²) in [4.78, 5) is 11.4. The van der Waals surface area contributed by atoms with Crippen LogP contribution in [0.4, 0.5) is 0 Å². The van der Waals surface area contributed by atoms with E-state index in [1.165, 1.54) is 6.33 Å². The van der Waals surface area contributed by atoms with Gasteiger partial charge in [0.25, 0.3) is 0 Å². The first-order chi connectivity index (χ1) is 6.48. The van der Waals surface area contributed by atoms with Gasteiger partial charge in [0.15, 0.2) is 10.8 Å². The molecule has 0 atom stereocenters. The van der Waals surface area contributed by atoms with Gasteiger partial charge in [-0.05, 0) is 0 Å². The summed E-state index contributed by atoms with van der Waals surface area (Å²) >= 11 is 6.72. The van der Waals surface area contributed by atoms with E-state index in [-0.39, 0.29) is 9.49 Å². The van der Waals surface area contributed by atoms with Gasteiger partial charge in [-0.1, -0.05) is 22.9 Å². The lowest BCUT2D eigenvalue weighted by Gasteiger charge is -1.86. The van der Waals surface area contributed by atoms with E-state index in [0.29, 0.717) is 10.3 Å². The number of hydrogen-bond donors (Lipinski definition) is 0. The Kier molecular flexibility index (Phi) is 2.17. The number of aromatic nitrogens is 3. The van der Waals surface area contributed by atoms with Gasteiger partial charge in [-0.25, -0.2) is 23.4 Å². The van der Waals surface area contributed by atoms with E-state index in [0.717, 1.165) is 17.6 Å². The molecule has 8 heteroatoms. The van der Waals surface area contributed by atoms with Crippen molar-refractivity contribution in [3.63, 3.8) is 0 Å². The van der Waals surface area contributed by atoms with E-state index in [4.69, 9.17) is 11.6 Å². The highest BCUT2D eigenvalue weighted by molar-refractivity contribution is 7.92. The smallest absolute Gasteiger partial charge is 0.211 e. The van der Waals surface area contributed by atoms with Crippen molar-refractivity contribution in [3.05, 3.63) is 11.5 Å². The molecule has 2 aromatic rings. The molecular weight excluding hydrogens is 246 g/mol. The number of halogens is 1. The molecule has 0 bridgehead atoms. The minimum atomic E-state index is -3.30. The van der Waals surface area contributed by atoms with Crippen LogP contribution in [0, 0.1) is 0 Å². The molecule has 0 aliphatic heterocycles. The van der Waals surface area contributed by atoms with E-state index in [2.05, 4.69) is 15.0 Å². The molecule has 0 N–H and O–H groups in total. The Hall–Kier alpha value is -0.790. The lowest BCUT2D eigenvalue weighted by Crippen LogP contribution is -1.95. The second kappa shape index (κ2) is 3.11. The van der Waals surface area contributed by atoms with E-state index < -0.39 is 9.84 Å². The van der Waals surface area contributed by atoms with Gasteiger partial charge in [-0.2, -0.15) is 0 Å². The van der Waals surface area contributed by atoms with E-state index in [1.807, 2.05) is 0 Å². The van der Waals surface area contributed by atoms with Crippen molar-refractivity contribution in [1.82, 2.24) is 15.0 Å². The number of thiazole rings is 1. The van der Waals surface area contributed by atoms with Gasteiger partial charge in [-0.15, -0.1) is 0 Å². The topological polar surface area (TPSA) is 72.8 Å². The van der Waals surface area contributed by atoms with Crippen molar-refractivity contribution in [1.29, 1.82) is 0 Å². The average molecular weight is 250 g/mol. The molecule has 2 aromatic heterocycles. The largest absolute Gasteiger partial charge is 0.223 e. The van der Waals surface area contributed by atoms with Crippen LogP contribution in [0.5, 0.6) is 0 Å². The van der Waals surface area contributed by atoms with Crippen LogP contribution in [-0.2, 0) is 9.84 Å². The SMILES string of the molecule is CS(=O)(=O)c1nc2ncnc(Cl)c2s1. The van der Waals surface area contributed by atoms with Crippen LogP contribution in [0.1, 0.15) is 0 Å². The van der Waals surface area contributed by atoms with Crippen LogP contribution in [0.25, 0.3) is 10.3 Å². The summed E-state index contributed by atoms with van der Waals surface area (Å²) in [7, 11) is -3.30. The molecule has 2 heterocycles. The molecule has 14 heavy (non-hydrogen) atoms. The quantitative estimate of drug-likeness (QED) is 0.709. The number of hydrogen-bond acceptors (Lipinski definition) is 6. The minimum Gasteiger partial charge on any atom is -0.223 e. The van der Waals surface area contributed by atoms with Gasteiger partial charge < -0.3 is 0 Å². The van der Waals surface area contributed by atoms with Gasteiger partial charge in [-0.3, -0.25) is 0 Å². The normalized spacial score (nSPS) is 12.1. The monoisotopic (exact) mass is 249 g/mol. The van der Waals surface area contributed by atoms with Gasteiger partial charge >= 0.3 is 0 Å². The minimum absolute atomic E-state index is 0.00917. The standard InChI is InChI=1S/C6H4ClN3O2S2/c1-14(11,12)6-10-5-3(13-6)4(7)8-2-9-5/h2H,1H3. The lowest BCUT2D eigenvalue weighted by atomic mass is 10.6. The van der Waals surface area contributed by atoms with Crippen LogP contribution in [0.3, 0.4) is 0 Å². The first-order valence-electron chi connectivity index (χ1n) is 3.45. The number of sulfone groups is 1. The predicted octanol–water partition coefficient (Wildman–Crippen LogP) is 1.14. The second-order valence-corrected chi connectivity index (χ2v) is 6.12. The molecule has 0 fully saturated rings. The van der Waals surface area contributed by atoms with Crippen molar-refractivity contribution >= 4 is 43.1 Å². The third-order valence-corrected chi connectivity index (χ3v) is 4.57. The van der Waals surface area contributed by atoms with Gasteiger partial charge in [0.05, 0.1) is 0 Å². The highest BCUT2D eigenvalue weighted by Gasteiger charge is 2.16. The molecule has 0 unspecified atom stereocenters. The highest BCUT2D eigenvalue weighted by atomic mass is 35.5. The Bertz CT molecular complexity index is 592. The maximum atomic E-state index is 11.2. The zero-order chi connectivity index (χ0) is 10.3. The zero-order valence-corrected chi connectivity index (χ0v) is 9.32. The molecule has 0 saturated heterocycles. The Morgan fingerprint density at radius 2 is 2.14 bits per heavy atom.